The summed E-state index contributed by atoms with van der Waals surface area (Å²) in [5, 5.41) is 0. The maximum absolute atomic E-state index is 10.3. The van der Waals surface area contributed by atoms with Crippen molar-refractivity contribution < 1.29 is 78.0 Å². The first-order valence-electron chi connectivity index (χ1n) is 4.31. The van der Waals surface area contributed by atoms with Crippen LogP contribution in [0.4, 0.5) is 0 Å². The normalized spacial score (nSPS) is 12.2. The molecule has 0 heterocycles. The second-order valence-corrected chi connectivity index (χ2v) is 3.95. The summed E-state index contributed by atoms with van der Waals surface area (Å²) in [4.78, 5) is 20.6. The van der Waals surface area contributed by atoms with Crippen LogP contribution in [0.2, 0.25) is 0 Å². The number of rotatable bonds is 7. The summed E-state index contributed by atoms with van der Waals surface area (Å²) in [6.07, 6.45) is 3.79. The molecule has 4 nitrogen and oxygen atoms in total. The Kier molecular flexibility index (Phi) is 18.1. The average Bonchev–Trinajstić information content (AvgIpc) is 1.98. The van der Waals surface area contributed by atoms with Gasteiger partial charge in [0.15, 0.2) is 0 Å². The fourth-order valence-electron chi connectivity index (χ4n) is 1.01. The van der Waals surface area contributed by atoms with Crippen molar-refractivity contribution in [3.8, 4) is 0 Å². The smallest absolute Gasteiger partial charge is 0.790 e. The molecule has 15 heavy (non-hydrogen) atoms. The molecule has 0 N–H and O–H groups in total. The van der Waals surface area contributed by atoms with Crippen LogP contribution in [-0.2, 0) is 9.09 Å². The molecule has 1 atom stereocenters. The van der Waals surface area contributed by atoms with E-state index in [0.717, 1.165) is 12.8 Å². The van der Waals surface area contributed by atoms with Crippen molar-refractivity contribution in [1.29, 1.82) is 0 Å². The van der Waals surface area contributed by atoms with Gasteiger partial charge < -0.3 is 18.9 Å². The van der Waals surface area contributed by atoms with Crippen molar-refractivity contribution in [1.82, 2.24) is 0 Å². The quantitative estimate of drug-likeness (QED) is 0.258. The molecular weight excluding hydrogens is 237 g/mol. The molecule has 0 saturated carbocycles. The van der Waals surface area contributed by atoms with Gasteiger partial charge in [0.2, 0.25) is 0 Å². The predicted molar refractivity (Wildman–Crippen MR) is 46.8 cm³/mol. The Balaban J connectivity index is -0.000000720. The molecule has 78 valence electrons. The van der Waals surface area contributed by atoms with Crippen LogP contribution >= 0.6 is 7.82 Å². The van der Waals surface area contributed by atoms with Crippen molar-refractivity contribution in [2.45, 2.75) is 38.7 Å². The molecule has 0 aliphatic rings. The van der Waals surface area contributed by atoms with Gasteiger partial charge >= 0.3 is 59.1 Å². The molecule has 0 aromatic carbocycles. The maximum atomic E-state index is 10.3. The monoisotopic (exact) mass is 252 g/mol. The Morgan fingerprint density at radius 3 is 2.33 bits per heavy atom. The molecule has 0 bridgehead atoms. The molecule has 0 radical (unpaired) electrons. The number of phosphoric acid groups is 1. The summed E-state index contributed by atoms with van der Waals surface area (Å²) >= 11 is 0. The van der Waals surface area contributed by atoms with Crippen LogP contribution < -0.4 is 68.9 Å². The van der Waals surface area contributed by atoms with Crippen LogP contribution in [0.1, 0.15) is 32.6 Å². The van der Waals surface area contributed by atoms with Crippen LogP contribution in [0.25, 0.3) is 0 Å². The zero-order valence-electron chi connectivity index (χ0n) is 9.77. The van der Waals surface area contributed by atoms with E-state index in [1.807, 2.05) is 6.92 Å². The molecule has 7 heteroatoms. The minimum absolute atomic E-state index is 0. The third-order valence-electron chi connectivity index (χ3n) is 1.59. The van der Waals surface area contributed by atoms with Gasteiger partial charge in [0.25, 0.3) is 0 Å². The number of phosphoric ester groups is 1. The first-order valence-corrected chi connectivity index (χ1v) is 5.77. The molecule has 0 rings (SSSR count). The van der Waals surface area contributed by atoms with E-state index in [-0.39, 0.29) is 59.1 Å². The number of unbranched alkanes of at least 4 members (excludes halogenated alkanes) is 1. The van der Waals surface area contributed by atoms with E-state index in [2.05, 4.69) is 11.1 Å². The number of hydrogen-bond acceptors (Lipinski definition) is 4. The standard InChI is InChI=1S/C8H17O4P.2Na/c1-3-5-7-8(6-4-2)12-13(9,10)11;;/h4,8H,2-3,5-7H2,1H3,(H2,9,10,11);;/q;2*+1/p-2. The third-order valence-corrected chi connectivity index (χ3v) is 2.14. The summed E-state index contributed by atoms with van der Waals surface area (Å²) < 4.78 is 14.6. The molecule has 1 unspecified atom stereocenters. The molecular formula is C8H15Na2O4P. The molecule has 0 aromatic heterocycles. The topological polar surface area (TPSA) is 72.4 Å². The van der Waals surface area contributed by atoms with Gasteiger partial charge in [-0.2, -0.15) is 0 Å². The van der Waals surface area contributed by atoms with Crippen LogP contribution in [0.3, 0.4) is 0 Å². The van der Waals surface area contributed by atoms with E-state index in [1.165, 1.54) is 0 Å². The number of hydrogen-bond donors (Lipinski definition) is 0. The minimum atomic E-state index is -4.84. The van der Waals surface area contributed by atoms with Crippen LogP contribution in [-0.4, -0.2) is 6.10 Å². The van der Waals surface area contributed by atoms with Crippen molar-refractivity contribution in [2.24, 2.45) is 0 Å². The summed E-state index contributed by atoms with van der Waals surface area (Å²) in [5.74, 6) is 0. The fourth-order valence-corrected chi connectivity index (χ4v) is 1.57. The van der Waals surface area contributed by atoms with Crippen LogP contribution in [0.15, 0.2) is 12.7 Å². The van der Waals surface area contributed by atoms with Crippen molar-refractivity contribution >= 4 is 7.82 Å². The Hall–Kier alpha value is 1.85. The van der Waals surface area contributed by atoms with E-state index < -0.39 is 13.9 Å². The third kappa shape index (κ3) is 15.9. The first kappa shape index (κ1) is 22.1. The van der Waals surface area contributed by atoms with E-state index in [0.29, 0.717) is 12.8 Å². The van der Waals surface area contributed by atoms with Gasteiger partial charge in [-0.15, -0.1) is 6.58 Å². The van der Waals surface area contributed by atoms with Gasteiger partial charge in [0.05, 0.1) is 13.9 Å². The fraction of sp³-hybridized carbons (Fsp3) is 0.750. The minimum Gasteiger partial charge on any atom is -0.790 e. The van der Waals surface area contributed by atoms with Gasteiger partial charge in [0.1, 0.15) is 0 Å². The van der Waals surface area contributed by atoms with E-state index in [1.54, 1.807) is 6.08 Å². The molecule has 0 fully saturated rings. The molecule has 0 aromatic rings. The zero-order chi connectivity index (χ0) is 10.3. The van der Waals surface area contributed by atoms with Crippen molar-refractivity contribution in [3.05, 3.63) is 12.7 Å². The van der Waals surface area contributed by atoms with Gasteiger partial charge in [-0.1, -0.05) is 25.8 Å². The largest absolute Gasteiger partial charge is 1.00 e. The van der Waals surface area contributed by atoms with Crippen LogP contribution in [0, 0.1) is 0 Å². The second-order valence-electron chi connectivity index (χ2n) is 2.84. The van der Waals surface area contributed by atoms with E-state index in [9.17, 15) is 14.4 Å². The summed E-state index contributed by atoms with van der Waals surface area (Å²) in [7, 11) is -4.84. The summed E-state index contributed by atoms with van der Waals surface area (Å²) in [6.45, 7) is 5.45. The van der Waals surface area contributed by atoms with E-state index >= 15 is 0 Å². The molecule has 0 spiro atoms. The Bertz CT molecular complexity index is 195. The van der Waals surface area contributed by atoms with Gasteiger partial charge in [-0.25, -0.2) is 0 Å². The molecule has 0 aliphatic carbocycles. The van der Waals surface area contributed by atoms with Gasteiger partial charge in [-0.05, 0) is 12.8 Å². The predicted octanol–water partition coefficient (Wildman–Crippen LogP) is -5.03. The van der Waals surface area contributed by atoms with Gasteiger partial charge in [-0.3, -0.25) is 0 Å². The molecule has 0 saturated heterocycles. The second kappa shape index (κ2) is 12.3. The first-order chi connectivity index (χ1) is 5.99. The Labute approximate surface area is 136 Å². The van der Waals surface area contributed by atoms with Crippen molar-refractivity contribution in [3.63, 3.8) is 0 Å². The molecule has 0 aliphatic heterocycles. The maximum Gasteiger partial charge on any atom is 1.00 e. The van der Waals surface area contributed by atoms with Gasteiger partial charge in [0, 0.05) is 0 Å². The van der Waals surface area contributed by atoms with E-state index in [4.69, 9.17) is 0 Å². The van der Waals surface area contributed by atoms with Crippen LogP contribution in [0.5, 0.6) is 0 Å². The molecule has 0 amide bonds. The SMILES string of the molecule is C=CCC(CCCC)OP(=O)([O-])[O-].[Na+].[Na+]. The zero-order valence-corrected chi connectivity index (χ0v) is 14.7. The van der Waals surface area contributed by atoms with Crippen molar-refractivity contribution in [2.75, 3.05) is 0 Å². The average molecular weight is 252 g/mol. The Morgan fingerprint density at radius 2 is 2.00 bits per heavy atom. The summed E-state index contributed by atoms with van der Waals surface area (Å²) in [6, 6.07) is 0. The Morgan fingerprint density at radius 1 is 1.47 bits per heavy atom. The summed E-state index contributed by atoms with van der Waals surface area (Å²) in [5.41, 5.74) is 0.